The predicted octanol–water partition coefficient (Wildman–Crippen LogP) is 2.00. The lowest BCUT2D eigenvalue weighted by atomic mass is 10.3. The monoisotopic (exact) mass is 407 g/mol. The van der Waals surface area contributed by atoms with Crippen LogP contribution in [0.5, 0.6) is 0 Å². The Morgan fingerprint density at radius 2 is 2.03 bits per heavy atom. The Bertz CT molecular complexity index is 1160. The van der Waals surface area contributed by atoms with Crippen molar-refractivity contribution in [2.75, 3.05) is 12.8 Å². The number of ether oxygens (including phenoxy) is 1. The van der Waals surface area contributed by atoms with Crippen LogP contribution in [0.1, 0.15) is 16.1 Å². The molecule has 0 amide bonds. The number of carbonyl (C=O) groups excluding carboxylic acids is 1. The lowest BCUT2D eigenvalue weighted by molar-refractivity contribution is 0.0601. The van der Waals surface area contributed by atoms with Crippen LogP contribution in [0.3, 0.4) is 0 Å². The van der Waals surface area contributed by atoms with E-state index in [9.17, 15) is 4.79 Å². The summed E-state index contributed by atoms with van der Waals surface area (Å²) < 4.78 is 7.28. The highest BCUT2D eigenvalue weighted by molar-refractivity contribution is 5.94. The van der Waals surface area contributed by atoms with Crippen LogP contribution in [0.4, 0.5) is 17.3 Å². The largest absolute Gasteiger partial charge is 0.465 e. The van der Waals surface area contributed by atoms with E-state index in [0.717, 1.165) is 0 Å². The summed E-state index contributed by atoms with van der Waals surface area (Å²) in [7, 11) is 1.24. The van der Waals surface area contributed by atoms with Crippen LogP contribution >= 0.6 is 0 Å². The van der Waals surface area contributed by atoms with Crippen LogP contribution in [0, 0.1) is 6.92 Å². The number of aromatic nitrogens is 6. The second-order valence-corrected chi connectivity index (χ2v) is 5.53. The smallest absolute Gasteiger partial charge is 0.343 e. The molecule has 0 bridgehead atoms. The molecular weight excluding hydrogens is 390 g/mol. The average Bonchev–Trinajstić information content (AvgIpc) is 3.31. The minimum atomic E-state index is -0.650. The first-order valence-corrected chi connectivity index (χ1v) is 8.38. The van der Waals surface area contributed by atoms with Gasteiger partial charge in [-0.3, -0.25) is 0 Å². The first kappa shape index (κ1) is 20.2. The van der Waals surface area contributed by atoms with E-state index in [1.54, 1.807) is 13.0 Å². The van der Waals surface area contributed by atoms with Gasteiger partial charge in [0.1, 0.15) is 5.56 Å². The summed E-state index contributed by atoms with van der Waals surface area (Å²) in [6.45, 7) is 8.62. The van der Waals surface area contributed by atoms with E-state index in [0.29, 0.717) is 5.69 Å². The normalized spacial score (nSPS) is 11.6. The van der Waals surface area contributed by atoms with Crippen LogP contribution < -0.4 is 5.73 Å². The van der Waals surface area contributed by atoms with E-state index < -0.39 is 5.97 Å². The molecule has 0 unspecified atom stereocenters. The molecule has 3 heterocycles. The molecule has 3 aromatic rings. The van der Waals surface area contributed by atoms with E-state index in [1.807, 2.05) is 0 Å². The molecule has 3 rings (SSSR count). The number of nitrogens with zero attached hydrogens (tertiary/aromatic N) is 10. The quantitative estimate of drug-likeness (QED) is 0.292. The number of aliphatic imine (C=N–C) groups is 2. The van der Waals surface area contributed by atoms with Crippen molar-refractivity contribution in [3.63, 3.8) is 0 Å². The fraction of sp³-hybridized carbons (Fsp3) is 0.118. The first-order valence-electron chi connectivity index (χ1n) is 8.38. The number of nitrogens with two attached hydrogens (primary N) is 1. The Balaban J connectivity index is 2.11. The molecule has 0 saturated heterocycles. The van der Waals surface area contributed by atoms with E-state index >= 15 is 0 Å². The summed E-state index contributed by atoms with van der Waals surface area (Å²) in [4.78, 5) is 28.0. The molecule has 152 valence electrons. The van der Waals surface area contributed by atoms with Crippen molar-refractivity contribution in [3.8, 4) is 5.95 Å². The molecule has 0 saturated carbocycles. The highest BCUT2D eigenvalue weighted by atomic mass is 16.5. The number of carbonyl (C=O) groups is 1. The third-order valence-corrected chi connectivity index (χ3v) is 3.74. The van der Waals surface area contributed by atoms with Gasteiger partial charge in [-0.2, -0.15) is 19.6 Å². The molecular formula is C17H17N11O2. The van der Waals surface area contributed by atoms with E-state index in [1.165, 1.54) is 41.3 Å². The number of anilines is 1. The molecule has 0 spiro atoms. The maximum Gasteiger partial charge on any atom is 0.343 e. The Labute approximate surface area is 170 Å². The lowest BCUT2D eigenvalue weighted by Gasteiger charge is -2.03. The zero-order valence-electron chi connectivity index (χ0n) is 16.2. The first-order chi connectivity index (χ1) is 14.5. The molecule has 0 aliphatic heterocycles. The van der Waals surface area contributed by atoms with Gasteiger partial charge in [-0.25, -0.2) is 24.7 Å². The SMILES string of the molecule is C=CN=C(N=C)n1nc(C)c(N=Nc2c(C(=O)OC)cnn2-c2ncccn2)c1N. The van der Waals surface area contributed by atoms with Crippen LogP contribution in [0.2, 0.25) is 0 Å². The topological polar surface area (TPSA) is 163 Å². The number of esters is 1. The minimum Gasteiger partial charge on any atom is -0.465 e. The molecule has 13 heteroatoms. The van der Waals surface area contributed by atoms with Gasteiger partial charge >= 0.3 is 5.97 Å². The molecule has 2 N–H and O–H groups in total. The van der Waals surface area contributed by atoms with Gasteiger partial charge in [0.2, 0.25) is 0 Å². The van der Waals surface area contributed by atoms with Crippen LogP contribution in [0.25, 0.3) is 5.95 Å². The molecule has 30 heavy (non-hydrogen) atoms. The standard InChI is InChI=1S/C17H17N11O2/c1-5-20-16(19-3)27-13(18)12(10(2)26-27)24-25-14-11(15(29)30-4)9-23-28(14)17-21-7-6-8-22-17/h5-9H,1,3,18H2,2,4H3. The molecule has 0 aliphatic carbocycles. The summed E-state index contributed by atoms with van der Waals surface area (Å²) >= 11 is 0. The second kappa shape index (κ2) is 8.64. The van der Waals surface area contributed by atoms with Gasteiger partial charge in [0.15, 0.2) is 17.3 Å². The highest BCUT2D eigenvalue weighted by Gasteiger charge is 2.21. The van der Waals surface area contributed by atoms with Gasteiger partial charge in [0.25, 0.3) is 11.9 Å². The van der Waals surface area contributed by atoms with Crippen molar-refractivity contribution < 1.29 is 9.53 Å². The molecule has 0 atom stereocenters. The lowest BCUT2D eigenvalue weighted by Crippen LogP contribution is -2.13. The molecule has 0 aliphatic rings. The van der Waals surface area contributed by atoms with E-state index in [4.69, 9.17) is 10.5 Å². The van der Waals surface area contributed by atoms with Gasteiger partial charge in [0, 0.05) is 18.6 Å². The number of methoxy groups -OCH3 is 1. The third-order valence-electron chi connectivity index (χ3n) is 3.74. The minimum absolute atomic E-state index is 0.0569. The summed E-state index contributed by atoms with van der Waals surface area (Å²) in [5, 5.41) is 16.7. The number of nitrogen functional groups attached to an aromatic ring is 1. The highest BCUT2D eigenvalue weighted by Crippen LogP contribution is 2.30. The Morgan fingerprint density at radius 1 is 1.30 bits per heavy atom. The Morgan fingerprint density at radius 3 is 2.67 bits per heavy atom. The van der Waals surface area contributed by atoms with Gasteiger partial charge in [-0.1, -0.05) is 6.58 Å². The molecule has 0 radical (unpaired) electrons. The van der Waals surface area contributed by atoms with Crippen LogP contribution in [-0.4, -0.2) is 55.3 Å². The average molecular weight is 407 g/mol. The fourth-order valence-electron chi connectivity index (χ4n) is 2.39. The number of aryl methyl sites for hydroxylation is 1. The zero-order valence-corrected chi connectivity index (χ0v) is 16.2. The maximum absolute atomic E-state index is 12.1. The predicted molar refractivity (Wildman–Crippen MR) is 109 cm³/mol. The van der Waals surface area contributed by atoms with Crippen molar-refractivity contribution in [3.05, 3.63) is 48.7 Å². The van der Waals surface area contributed by atoms with Crippen molar-refractivity contribution >= 4 is 36.0 Å². The second-order valence-electron chi connectivity index (χ2n) is 5.53. The van der Waals surface area contributed by atoms with Crippen LogP contribution in [0.15, 0.2) is 57.6 Å². The molecule has 0 fully saturated rings. The van der Waals surface area contributed by atoms with Crippen molar-refractivity contribution in [2.45, 2.75) is 6.92 Å². The number of hydrogen-bond donors (Lipinski definition) is 1. The zero-order chi connectivity index (χ0) is 21.7. The summed E-state index contributed by atoms with van der Waals surface area (Å²) in [6.07, 6.45) is 5.62. The van der Waals surface area contributed by atoms with Crippen molar-refractivity contribution in [2.24, 2.45) is 20.2 Å². The van der Waals surface area contributed by atoms with Gasteiger partial charge in [-0.15, -0.1) is 10.2 Å². The van der Waals surface area contributed by atoms with E-state index in [2.05, 4.69) is 53.7 Å². The van der Waals surface area contributed by atoms with Gasteiger partial charge < -0.3 is 10.5 Å². The van der Waals surface area contributed by atoms with Crippen LogP contribution in [-0.2, 0) is 4.74 Å². The number of azo groups is 1. The summed E-state index contributed by atoms with van der Waals surface area (Å²) in [5.74, 6) is -0.168. The third kappa shape index (κ3) is 3.71. The van der Waals surface area contributed by atoms with Gasteiger partial charge in [-0.05, 0) is 19.7 Å². The van der Waals surface area contributed by atoms with E-state index in [-0.39, 0.29) is 34.8 Å². The number of hydrogen-bond acceptors (Lipinski definition) is 10. The summed E-state index contributed by atoms with van der Waals surface area (Å²) in [5.41, 5.74) is 6.88. The Hall–Kier alpha value is -4.55. The molecule has 13 nitrogen and oxygen atoms in total. The Kier molecular flexibility index (Phi) is 5.81. The summed E-state index contributed by atoms with van der Waals surface area (Å²) in [6, 6.07) is 1.64. The molecule has 3 aromatic heterocycles. The molecule has 0 aromatic carbocycles. The number of rotatable bonds is 5. The van der Waals surface area contributed by atoms with Crippen molar-refractivity contribution in [1.29, 1.82) is 0 Å². The maximum atomic E-state index is 12.1. The van der Waals surface area contributed by atoms with Crippen molar-refractivity contribution in [1.82, 2.24) is 29.5 Å². The van der Waals surface area contributed by atoms with Gasteiger partial charge in [0.05, 0.1) is 19.0 Å². The fourth-order valence-corrected chi connectivity index (χ4v) is 2.39.